The van der Waals surface area contributed by atoms with Gasteiger partial charge in [0.05, 0.1) is 6.20 Å². The van der Waals surface area contributed by atoms with E-state index in [0.29, 0.717) is 5.41 Å². The quantitative estimate of drug-likeness (QED) is 0.848. The van der Waals surface area contributed by atoms with E-state index in [0.717, 1.165) is 38.9 Å². The third kappa shape index (κ3) is 4.27. The first-order chi connectivity index (χ1) is 11.2. The molecule has 0 atom stereocenters. The van der Waals surface area contributed by atoms with Crippen molar-refractivity contribution in [2.75, 3.05) is 19.6 Å². The van der Waals surface area contributed by atoms with Crippen LogP contribution in [-0.2, 0) is 13.5 Å². The number of aromatic nitrogens is 2. The minimum absolute atomic E-state index is 0.147. The van der Waals surface area contributed by atoms with Crippen molar-refractivity contribution in [2.45, 2.75) is 57.8 Å². The van der Waals surface area contributed by atoms with Crippen LogP contribution in [0, 0.1) is 5.41 Å². The predicted octanol–water partition coefficient (Wildman–Crippen LogP) is 3.11. The molecule has 2 heterocycles. The van der Waals surface area contributed by atoms with Crippen LogP contribution >= 0.6 is 0 Å². The lowest BCUT2D eigenvalue weighted by atomic mass is 9.73. The second-order valence-electron chi connectivity index (χ2n) is 7.44. The number of carbonyl (C=O) groups excluding carboxylic acids is 1. The van der Waals surface area contributed by atoms with Gasteiger partial charge in [0.1, 0.15) is 0 Å². The molecule has 5 heteroatoms. The number of likely N-dealkylation sites (tertiary alicyclic amines) is 1. The van der Waals surface area contributed by atoms with Crippen molar-refractivity contribution in [3.05, 3.63) is 18.0 Å². The van der Waals surface area contributed by atoms with Gasteiger partial charge in [-0.15, -0.1) is 0 Å². The number of hydrogen-bond donors (Lipinski definition) is 1. The average Bonchev–Trinajstić information content (AvgIpc) is 3.15. The Morgan fingerprint density at radius 2 is 2.09 bits per heavy atom. The van der Waals surface area contributed by atoms with Crippen LogP contribution in [0.2, 0.25) is 0 Å². The molecule has 0 aromatic carbocycles. The maximum Gasteiger partial charge on any atom is 0.317 e. The zero-order chi connectivity index (χ0) is 16.1. The van der Waals surface area contributed by atoms with Gasteiger partial charge in [-0.25, -0.2) is 4.79 Å². The second kappa shape index (κ2) is 7.37. The maximum atomic E-state index is 12.3. The van der Waals surface area contributed by atoms with E-state index in [1.54, 1.807) is 0 Å². The van der Waals surface area contributed by atoms with Crippen LogP contribution in [-0.4, -0.2) is 40.3 Å². The zero-order valence-electron chi connectivity index (χ0n) is 14.4. The summed E-state index contributed by atoms with van der Waals surface area (Å²) in [5, 5.41) is 7.28. The molecule has 0 bridgehead atoms. The first-order valence-corrected chi connectivity index (χ1v) is 9.17. The maximum absolute atomic E-state index is 12.3. The van der Waals surface area contributed by atoms with Crippen molar-refractivity contribution < 1.29 is 4.79 Å². The highest BCUT2D eigenvalue weighted by Gasteiger charge is 2.40. The summed E-state index contributed by atoms with van der Waals surface area (Å²) in [5.41, 5.74) is 1.73. The Labute approximate surface area is 139 Å². The Hall–Kier alpha value is -1.52. The number of nitrogens with zero attached hydrogens (tertiary/aromatic N) is 3. The standard InChI is InChI=1S/C18H30N4O/c1-21-14-16(13-20-21)7-3-6-11-19-17(23)22-12-10-18(15-22)8-4-2-5-9-18/h13-14H,2-12,15H2,1H3,(H,19,23). The van der Waals surface area contributed by atoms with Gasteiger partial charge in [-0.3, -0.25) is 4.68 Å². The fourth-order valence-electron chi connectivity index (χ4n) is 4.18. The molecule has 1 N–H and O–H groups in total. The molecule has 1 spiro atoms. The number of urea groups is 1. The van der Waals surface area contributed by atoms with E-state index in [-0.39, 0.29) is 6.03 Å². The topological polar surface area (TPSA) is 50.2 Å². The summed E-state index contributed by atoms with van der Waals surface area (Å²) in [6.07, 6.45) is 15.1. The SMILES string of the molecule is Cn1cc(CCCCNC(=O)N2CCC3(CCCCC3)C2)cn1. The lowest BCUT2D eigenvalue weighted by Crippen LogP contribution is -2.40. The third-order valence-corrected chi connectivity index (χ3v) is 5.57. The molecule has 2 amide bonds. The summed E-state index contributed by atoms with van der Waals surface area (Å²) in [6.45, 7) is 2.71. The van der Waals surface area contributed by atoms with Crippen molar-refractivity contribution in [1.29, 1.82) is 0 Å². The first kappa shape index (κ1) is 16.3. The van der Waals surface area contributed by atoms with E-state index in [9.17, 15) is 4.79 Å². The van der Waals surface area contributed by atoms with Gasteiger partial charge in [0.25, 0.3) is 0 Å². The van der Waals surface area contributed by atoms with Crippen LogP contribution in [0.25, 0.3) is 0 Å². The largest absolute Gasteiger partial charge is 0.338 e. The van der Waals surface area contributed by atoms with E-state index < -0.39 is 0 Å². The first-order valence-electron chi connectivity index (χ1n) is 9.17. The van der Waals surface area contributed by atoms with Gasteiger partial charge in [0.2, 0.25) is 0 Å². The van der Waals surface area contributed by atoms with Crippen LogP contribution in [0.15, 0.2) is 12.4 Å². The highest BCUT2D eigenvalue weighted by Crippen LogP contribution is 2.43. The van der Waals surface area contributed by atoms with Crippen LogP contribution in [0.3, 0.4) is 0 Å². The van der Waals surface area contributed by atoms with Gasteiger partial charge in [-0.1, -0.05) is 19.3 Å². The van der Waals surface area contributed by atoms with E-state index in [2.05, 4.69) is 16.6 Å². The molecule has 2 aliphatic rings. The van der Waals surface area contributed by atoms with Crippen LogP contribution < -0.4 is 5.32 Å². The number of aryl methyl sites for hydroxylation is 2. The molecule has 0 unspecified atom stereocenters. The molecule has 1 aliphatic carbocycles. The molecule has 0 radical (unpaired) electrons. The van der Waals surface area contributed by atoms with Crippen molar-refractivity contribution >= 4 is 6.03 Å². The number of rotatable bonds is 5. The molecule has 1 aliphatic heterocycles. The number of unbranched alkanes of at least 4 members (excludes halogenated alkanes) is 1. The van der Waals surface area contributed by atoms with E-state index >= 15 is 0 Å². The summed E-state index contributed by atoms with van der Waals surface area (Å²) in [4.78, 5) is 14.4. The molecule has 3 rings (SSSR count). The van der Waals surface area contributed by atoms with Crippen molar-refractivity contribution in [3.8, 4) is 0 Å². The van der Waals surface area contributed by atoms with E-state index in [4.69, 9.17) is 0 Å². The molecule has 1 aromatic rings. The van der Waals surface area contributed by atoms with Gasteiger partial charge in [0, 0.05) is 32.9 Å². The molecule has 2 fully saturated rings. The third-order valence-electron chi connectivity index (χ3n) is 5.57. The highest BCUT2D eigenvalue weighted by molar-refractivity contribution is 5.74. The van der Waals surface area contributed by atoms with Crippen molar-refractivity contribution in [3.63, 3.8) is 0 Å². The van der Waals surface area contributed by atoms with Crippen molar-refractivity contribution in [1.82, 2.24) is 20.0 Å². The molecule has 1 saturated carbocycles. The lowest BCUT2D eigenvalue weighted by molar-refractivity contribution is 0.177. The minimum Gasteiger partial charge on any atom is -0.338 e. The molecule has 23 heavy (non-hydrogen) atoms. The normalized spacial score (nSPS) is 20.1. The van der Waals surface area contributed by atoms with Gasteiger partial charge >= 0.3 is 6.03 Å². The lowest BCUT2D eigenvalue weighted by Gasteiger charge is -2.33. The minimum atomic E-state index is 0.147. The summed E-state index contributed by atoms with van der Waals surface area (Å²) >= 11 is 0. The Bertz CT molecular complexity index is 519. The monoisotopic (exact) mass is 318 g/mol. The number of nitrogens with one attached hydrogen (secondary N) is 1. The molecular formula is C18H30N4O. The summed E-state index contributed by atoms with van der Waals surface area (Å²) < 4.78 is 1.84. The van der Waals surface area contributed by atoms with Crippen LogP contribution in [0.4, 0.5) is 4.79 Å². The Kier molecular flexibility index (Phi) is 5.23. The summed E-state index contributed by atoms with van der Waals surface area (Å²) in [7, 11) is 1.94. The highest BCUT2D eigenvalue weighted by atomic mass is 16.2. The van der Waals surface area contributed by atoms with E-state index in [1.807, 2.05) is 22.8 Å². The van der Waals surface area contributed by atoms with E-state index in [1.165, 1.54) is 44.1 Å². The summed E-state index contributed by atoms with van der Waals surface area (Å²) in [5.74, 6) is 0. The number of amides is 2. The van der Waals surface area contributed by atoms with Crippen LogP contribution in [0.5, 0.6) is 0 Å². The van der Waals surface area contributed by atoms with Crippen LogP contribution in [0.1, 0.15) is 56.9 Å². The van der Waals surface area contributed by atoms with Gasteiger partial charge in [-0.2, -0.15) is 5.10 Å². The summed E-state index contributed by atoms with van der Waals surface area (Å²) in [6, 6.07) is 0.147. The smallest absolute Gasteiger partial charge is 0.317 e. The molecule has 5 nitrogen and oxygen atoms in total. The van der Waals surface area contributed by atoms with Gasteiger partial charge in [-0.05, 0) is 49.5 Å². The van der Waals surface area contributed by atoms with Gasteiger partial charge < -0.3 is 10.2 Å². The number of hydrogen-bond acceptors (Lipinski definition) is 2. The second-order valence-corrected chi connectivity index (χ2v) is 7.44. The Morgan fingerprint density at radius 1 is 1.26 bits per heavy atom. The molecule has 1 saturated heterocycles. The Balaban J connectivity index is 1.32. The fourth-order valence-corrected chi connectivity index (χ4v) is 4.18. The van der Waals surface area contributed by atoms with Crippen molar-refractivity contribution in [2.24, 2.45) is 12.5 Å². The van der Waals surface area contributed by atoms with Gasteiger partial charge in [0.15, 0.2) is 0 Å². The molecule has 128 valence electrons. The molecule has 1 aromatic heterocycles. The fraction of sp³-hybridized carbons (Fsp3) is 0.778. The zero-order valence-corrected chi connectivity index (χ0v) is 14.4. The number of carbonyl (C=O) groups is 1. The molecular weight excluding hydrogens is 288 g/mol. The Morgan fingerprint density at radius 3 is 2.83 bits per heavy atom. The predicted molar refractivity (Wildman–Crippen MR) is 91.3 cm³/mol. The average molecular weight is 318 g/mol.